The highest BCUT2D eigenvalue weighted by Crippen LogP contribution is 2.40. The molecule has 5 aromatic carbocycles. The molecule has 1 aliphatic rings. The highest BCUT2D eigenvalue weighted by atomic mass is 15.3. The van der Waals surface area contributed by atoms with Gasteiger partial charge in [0, 0.05) is 22.1 Å². The van der Waals surface area contributed by atoms with E-state index in [4.69, 9.17) is 4.98 Å². The van der Waals surface area contributed by atoms with E-state index in [1.807, 2.05) is 0 Å². The van der Waals surface area contributed by atoms with Crippen molar-refractivity contribution in [2.75, 3.05) is 4.90 Å². The van der Waals surface area contributed by atoms with Crippen molar-refractivity contribution in [2.24, 2.45) is 0 Å². The fraction of sp³-hybridized carbons (Fsp3) is 0.0312. The Kier molecular flexibility index (Phi) is 3.97. The lowest BCUT2D eigenvalue weighted by atomic mass is 10.1. The molecule has 0 spiro atoms. The van der Waals surface area contributed by atoms with Gasteiger partial charge in [-0.05, 0) is 60.2 Å². The molecule has 0 saturated heterocycles. The van der Waals surface area contributed by atoms with E-state index in [9.17, 15) is 0 Å². The number of benzene rings is 5. The predicted molar refractivity (Wildman–Crippen MR) is 148 cm³/mol. The van der Waals surface area contributed by atoms with Crippen molar-refractivity contribution >= 4 is 44.5 Å². The molecule has 36 heavy (non-hydrogen) atoms. The zero-order valence-electron chi connectivity index (χ0n) is 19.5. The van der Waals surface area contributed by atoms with Gasteiger partial charge in [-0.1, -0.05) is 66.7 Å². The van der Waals surface area contributed by atoms with E-state index >= 15 is 0 Å². The Labute approximate surface area is 208 Å². The van der Waals surface area contributed by atoms with E-state index in [1.165, 1.54) is 38.7 Å². The van der Waals surface area contributed by atoms with Crippen molar-refractivity contribution in [3.63, 3.8) is 0 Å². The van der Waals surface area contributed by atoms with Gasteiger partial charge in [0.25, 0.3) is 0 Å². The van der Waals surface area contributed by atoms with Crippen molar-refractivity contribution in [3.8, 4) is 11.4 Å². The first-order valence-corrected chi connectivity index (χ1v) is 12.3. The van der Waals surface area contributed by atoms with E-state index in [0.29, 0.717) is 0 Å². The van der Waals surface area contributed by atoms with Crippen LogP contribution in [0, 0.1) is 0 Å². The van der Waals surface area contributed by atoms with Crippen molar-refractivity contribution in [3.05, 3.63) is 127 Å². The lowest BCUT2D eigenvalue weighted by Crippen LogP contribution is -2.26. The number of rotatable bonds is 2. The average molecular weight is 463 g/mol. The van der Waals surface area contributed by atoms with Gasteiger partial charge in [0.15, 0.2) is 0 Å². The number of nitrogens with zero attached hydrogens (tertiary/aromatic N) is 4. The average Bonchev–Trinajstić information content (AvgIpc) is 3.49. The van der Waals surface area contributed by atoms with Gasteiger partial charge in [0.2, 0.25) is 5.95 Å². The topological polar surface area (TPSA) is 26.0 Å². The molecule has 0 atom stereocenters. The zero-order valence-corrected chi connectivity index (χ0v) is 19.5. The molecule has 0 N–H and O–H groups in total. The number of aromatic nitrogens is 3. The smallest absolute Gasteiger partial charge is 0.216 e. The van der Waals surface area contributed by atoms with Crippen molar-refractivity contribution in [1.29, 1.82) is 0 Å². The Morgan fingerprint density at radius 2 is 1.17 bits per heavy atom. The fourth-order valence-electron chi connectivity index (χ4n) is 5.74. The van der Waals surface area contributed by atoms with Gasteiger partial charge in [0.1, 0.15) is 0 Å². The summed E-state index contributed by atoms with van der Waals surface area (Å²) in [7, 11) is 0. The number of fused-ring (bicyclic) bond motifs is 8. The standard InChI is InChI=1S/C32H22N4/c1-2-10-23(11-3-1)34-21-22-20-24(18-19-28(22)36-31-17-9-6-14-27(31)33-32(34)36)35-29-15-7-4-12-25(29)26-13-5-8-16-30(26)35/h1-20H,21H2. The summed E-state index contributed by atoms with van der Waals surface area (Å²) in [6.45, 7) is 0.758. The maximum atomic E-state index is 5.05. The van der Waals surface area contributed by atoms with E-state index in [0.717, 1.165) is 29.2 Å². The Morgan fingerprint density at radius 1 is 0.528 bits per heavy atom. The minimum absolute atomic E-state index is 0.758. The Hall–Kier alpha value is -4.83. The summed E-state index contributed by atoms with van der Waals surface area (Å²) in [6, 6.07) is 43.1. The minimum atomic E-state index is 0.758. The summed E-state index contributed by atoms with van der Waals surface area (Å²) >= 11 is 0. The summed E-state index contributed by atoms with van der Waals surface area (Å²) in [5, 5.41) is 2.55. The Balaban J connectivity index is 1.40. The quantitative estimate of drug-likeness (QED) is 0.262. The van der Waals surface area contributed by atoms with Gasteiger partial charge in [-0.3, -0.25) is 4.57 Å². The third kappa shape index (κ3) is 2.67. The van der Waals surface area contributed by atoms with Crippen LogP contribution in [-0.2, 0) is 6.54 Å². The van der Waals surface area contributed by atoms with Crippen LogP contribution in [0.1, 0.15) is 5.56 Å². The largest absolute Gasteiger partial charge is 0.309 e. The molecule has 1 aliphatic heterocycles. The van der Waals surface area contributed by atoms with Gasteiger partial charge in [0.05, 0.1) is 34.3 Å². The third-order valence-electron chi connectivity index (χ3n) is 7.32. The molecule has 170 valence electrons. The predicted octanol–water partition coefficient (Wildman–Crippen LogP) is 7.77. The number of anilines is 2. The Morgan fingerprint density at radius 3 is 1.92 bits per heavy atom. The maximum absolute atomic E-state index is 5.05. The van der Waals surface area contributed by atoms with E-state index < -0.39 is 0 Å². The van der Waals surface area contributed by atoms with E-state index in [1.54, 1.807) is 0 Å². The molecule has 0 bridgehead atoms. The highest BCUT2D eigenvalue weighted by Gasteiger charge is 2.27. The fourth-order valence-corrected chi connectivity index (χ4v) is 5.74. The molecule has 0 fully saturated rings. The molecular formula is C32H22N4. The molecule has 0 aliphatic carbocycles. The van der Waals surface area contributed by atoms with Gasteiger partial charge in [-0.15, -0.1) is 0 Å². The van der Waals surface area contributed by atoms with Crippen molar-refractivity contribution in [1.82, 2.24) is 14.1 Å². The monoisotopic (exact) mass is 462 g/mol. The van der Waals surface area contributed by atoms with Crippen LogP contribution in [-0.4, -0.2) is 14.1 Å². The highest BCUT2D eigenvalue weighted by molar-refractivity contribution is 6.09. The molecule has 8 rings (SSSR count). The molecule has 0 saturated carbocycles. The molecule has 0 radical (unpaired) electrons. The number of hydrogen-bond acceptors (Lipinski definition) is 2. The van der Waals surface area contributed by atoms with E-state index in [-0.39, 0.29) is 0 Å². The zero-order chi connectivity index (χ0) is 23.6. The van der Waals surface area contributed by atoms with Crippen molar-refractivity contribution in [2.45, 2.75) is 6.54 Å². The first-order chi connectivity index (χ1) is 17.9. The second-order valence-electron chi connectivity index (χ2n) is 9.34. The van der Waals surface area contributed by atoms with Crippen LogP contribution in [0.15, 0.2) is 121 Å². The van der Waals surface area contributed by atoms with Crippen LogP contribution in [0.4, 0.5) is 11.6 Å². The summed E-state index contributed by atoms with van der Waals surface area (Å²) < 4.78 is 4.69. The second kappa shape index (κ2) is 7.33. The molecule has 0 amide bonds. The molecule has 7 aromatic rings. The van der Waals surface area contributed by atoms with Crippen LogP contribution < -0.4 is 4.90 Å². The van der Waals surface area contributed by atoms with Crippen LogP contribution in [0.3, 0.4) is 0 Å². The summed E-state index contributed by atoms with van der Waals surface area (Å²) in [5.41, 5.74) is 9.36. The van der Waals surface area contributed by atoms with Gasteiger partial charge in [-0.25, -0.2) is 4.98 Å². The lowest BCUT2D eigenvalue weighted by Gasteiger charge is -2.31. The van der Waals surface area contributed by atoms with Crippen LogP contribution in [0.5, 0.6) is 0 Å². The van der Waals surface area contributed by atoms with Crippen LogP contribution in [0.25, 0.3) is 44.2 Å². The second-order valence-corrected chi connectivity index (χ2v) is 9.34. The maximum Gasteiger partial charge on any atom is 0.216 e. The summed E-state index contributed by atoms with van der Waals surface area (Å²) in [6.07, 6.45) is 0. The number of para-hydroxylation sites is 5. The van der Waals surface area contributed by atoms with Gasteiger partial charge in [-0.2, -0.15) is 0 Å². The molecule has 0 unspecified atom stereocenters. The molecule has 4 heteroatoms. The van der Waals surface area contributed by atoms with Crippen LogP contribution >= 0.6 is 0 Å². The van der Waals surface area contributed by atoms with E-state index in [2.05, 4.69) is 135 Å². The number of imidazole rings is 1. The number of hydrogen-bond donors (Lipinski definition) is 0. The third-order valence-corrected chi connectivity index (χ3v) is 7.32. The first kappa shape index (κ1) is 19.5. The summed E-state index contributed by atoms with van der Waals surface area (Å²) in [4.78, 5) is 7.37. The summed E-state index contributed by atoms with van der Waals surface area (Å²) in [5.74, 6) is 0.958. The Bertz CT molecular complexity index is 1870. The molecular weight excluding hydrogens is 440 g/mol. The van der Waals surface area contributed by atoms with Crippen molar-refractivity contribution < 1.29 is 0 Å². The lowest BCUT2D eigenvalue weighted by molar-refractivity contribution is 0.843. The van der Waals surface area contributed by atoms with Gasteiger partial charge < -0.3 is 9.47 Å². The first-order valence-electron chi connectivity index (χ1n) is 12.3. The molecule has 3 heterocycles. The van der Waals surface area contributed by atoms with Crippen LogP contribution in [0.2, 0.25) is 0 Å². The van der Waals surface area contributed by atoms with Gasteiger partial charge >= 0.3 is 0 Å². The normalized spacial score (nSPS) is 12.8. The molecule has 4 nitrogen and oxygen atoms in total. The molecule has 2 aromatic heterocycles. The minimum Gasteiger partial charge on any atom is -0.309 e. The SMILES string of the molecule is c1ccc(N2Cc3cc(-n4c5ccccc5c5ccccc54)ccc3-n3c2nc2ccccc23)cc1.